The molecule has 0 aliphatic rings. The van der Waals surface area contributed by atoms with Gasteiger partial charge >= 0.3 is 0 Å². The zero-order valence-electron chi connectivity index (χ0n) is 12.2. The molecule has 1 atom stereocenters. The largest absolute Gasteiger partial charge is 0.326 e. The smallest absolute Gasteiger partial charge is 0.240 e. The summed E-state index contributed by atoms with van der Waals surface area (Å²) in [6, 6.07) is 2.55. The summed E-state index contributed by atoms with van der Waals surface area (Å²) in [5.41, 5.74) is 5.96. The summed E-state index contributed by atoms with van der Waals surface area (Å²) in [6.45, 7) is 5.45. The van der Waals surface area contributed by atoms with Gasteiger partial charge in [-0.3, -0.25) is 0 Å². The highest BCUT2D eigenvalue weighted by Crippen LogP contribution is 2.20. The lowest BCUT2D eigenvalue weighted by atomic mass is 10.1. The third-order valence-electron chi connectivity index (χ3n) is 3.29. The Hall–Kier alpha value is -0.980. The Morgan fingerprint density at radius 3 is 2.50 bits per heavy atom. The van der Waals surface area contributed by atoms with Gasteiger partial charge in [-0.15, -0.1) is 0 Å². The van der Waals surface area contributed by atoms with Crippen molar-refractivity contribution in [3.8, 4) is 0 Å². The highest BCUT2D eigenvalue weighted by Gasteiger charge is 2.20. The van der Waals surface area contributed by atoms with E-state index in [2.05, 4.69) is 4.72 Å². The Labute approximate surface area is 120 Å². The van der Waals surface area contributed by atoms with E-state index in [1.807, 2.05) is 13.8 Å². The summed E-state index contributed by atoms with van der Waals surface area (Å²) >= 11 is 0. The van der Waals surface area contributed by atoms with E-state index in [9.17, 15) is 12.8 Å². The lowest BCUT2D eigenvalue weighted by molar-refractivity contribution is 0.512. The topological polar surface area (TPSA) is 72.2 Å². The first-order valence-corrected chi connectivity index (χ1v) is 8.35. The third kappa shape index (κ3) is 4.01. The number of rotatable bonds is 7. The fourth-order valence-electron chi connectivity index (χ4n) is 2.09. The molecule has 0 heterocycles. The molecule has 0 bridgehead atoms. The van der Waals surface area contributed by atoms with E-state index < -0.39 is 15.8 Å². The molecule has 1 unspecified atom stereocenters. The van der Waals surface area contributed by atoms with E-state index in [4.69, 9.17) is 5.73 Å². The predicted molar refractivity (Wildman–Crippen MR) is 78.3 cm³/mol. The van der Waals surface area contributed by atoms with Gasteiger partial charge in [-0.1, -0.05) is 20.3 Å². The average molecular weight is 302 g/mol. The zero-order chi connectivity index (χ0) is 15.3. The van der Waals surface area contributed by atoms with Gasteiger partial charge in [-0.05, 0) is 37.5 Å². The van der Waals surface area contributed by atoms with Crippen LogP contribution in [0.1, 0.15) is 44.2 Å². The van der Waals surface area contributed by atoms with Gasteiger partial charge in [0.1, 0.15) is 5.82 Å². The predicted octanol–water partition coefficient (Wildman–Crippen LogP) is 2.45. The summed E-state index contributed by atoms with van der Waals surface area (Å²) in [7, 11) is -3.64. The Balaban J connectivity index is 3.12. The third-order valence-corrected chi connectivity index (χ3v) is 4.79. The molecule has 1 aromatic carbocycles. The number of hydrogen-bond donors (Lipinski definition) is 2. The molecule has 0 spiro atoms. The number of benzene rings is 1. The summed E-state index contributed by atoms with van der Waals surface area (Å²) in [5.74, 6) is -0.438. The van der Waals surface area contributed by atoms with Crippen LogP contribution in [-0.2, 0) is 16.6 Å². The minimum absolute atomic E-state index is 0.0256. The van der Waals surface area contributed by atoms with Crippen LogP contribution in [0.4, 0.5) is 4.39 Å². The van der Waals surface area contributed by atoms with E-state index in [0.717, 1.165) is 19.3 Å². The SMILES string of the molecule is CCCC(CC)NS(=O)(=O)c1cc(C)c(F)c(CN)c1. The van der Waals surface area contributed by atoms with Crippen molar-refractivity contribution in [2.24, 2.45) is 5.73 Å². The van der Waals surface area contributed by atoms with E-state index in [0.29, 0.717) is 0 Å². The van der Waals surface area contributed by atoms with Gasteiger partial charge in [0.2, 0.25) is 10.0 Å². The molecule has 20 heavy (non-hydrogen) atoms. The molecule has 0 saturated heterocycles. The molecule has 0 saturated carbocycles. The molecule has 1 rings (SSSR count). The van der Waals surface area contributed by atoms with E-state index in [1.54, 1.807) is 0 Å². The van der Waals surface area contributed by atoms with Gasteiger partial charge in [0.05, 0.1) is 4.90 Å². The highest BCUT2D eigenvalue weighted by atomic mass is 32.2. The number of nitrogens with two attached hydrogens (primary N) is 1. The zero-order valence-corrected chi connectivity index (χ0v) is 13.1. The molecule has 0 fully saturated rings. The molecule has 4 nitrogen and oxygen atoms in total. The van der Waals surface area contributed by atoms with Gasteiger partial charge in [0.15, 0.2) is 0 Å². The monoisotopic (exact) mass is 302 g/mol. The number of halogens is 1. The summed E-state index contributed by atoms with van der Waals surface area (Å²) in [4.78, 5) is 0.0754. The van der Waals surface area contributed by atoms with Crippen molar-refractivity contribution in [3.63, 3.8) is 0 Å². The van der Waals surface area contributed by atoms with Gasteiger partial charge in [0, 0.05) is 18.2 Å². The molecular formula is C14H23FN2O2S. The molecule has 1 aromatic rings. The van der Waals surface area contributed by atoms with Crippen molar-refractivity contribution in [1.29, 1.82) is 0 Å². The molecule has 6 heteroatoms. The first-order valence-electron chi connectivity index (χ1n) is 6.87. The van der Waals surface area contributed by atoms with Crippen LogP contribution >= 0.6 is 0 Å². The Kier molecular flexibility index (Phi) is 6.10. The van der Waals surface area contributed by atoms with Crippen LogP contribution in [0.25, 0.3) is 0 Å². The maximum Gasteiger partial charge on any atom is 0.240 e. The minimum Gasteiger partial charge on any atom is -0.326 e. The molecule has 0 aliphatic carbocycles. The number of sulfonamides is 1. The molecule has 3 N–H and O–H groups in total. The number of hydrogen-bond acceptors (Lipinski definition) is 3. The van der Waals surface area contributed by atoms with Crippen molar-refractivity contribution in [2.75, 3.05) is 0 Å². The Bertz CT molecular complexity index is 559. The van der Waals surface area contributed by atoms with Gasteiger partial charge in [-0.2, -0.15) is 0 Å². The molecule has 114 valence electrons. The standard InChI is InChI=1S/C14H23FN2O2S/c1-4-6-12(5-2)17-20(18,19)13-7-10(3)14(15)11(8-13)9-16/h7-8,12,17H,4-6,9,16H2,1-3H3. The fraction of sp³-hybridized carbons (Fsp3) is 0.571. The second-order valence-corrected chi connectivity index (χ2v) is 6.65. The van der Waals surface area contributed by atoms with Crippen LogP contribution in [0.5, 0.6) is 0 Å². The lowest BCUT2D eigenvalue weighted by Gasteiger charge is -2.17. The number of aryl methyl sites for hydroxylation is 1. The normalized spacial score (nSPS) is 13.4. The van der Waals surface area contributed by atoms with Crippen LogP contribution in [0.15, 0.2) is 17.0 Å². The molecule has 0 aliphatic heterocycles. The highest BCUT2D eigenvalue weighted by molar-refractivity contribution is 7.89. The fourth-order valence-corrected chi connectivity index (χ4v) is 3.58. The van der Waals surface area contributed by atoms with Crippen molar-refractivity contribution in [3.05, 3.63) is 29.1 Å². The maximum absolute atomic E-state index is 13.7. The second-order valence-electron chi connectivity index (χ2n) is 4.93. The van der Waals surface area contributed by atoms with Crippen LogP contribution in [0.2, 0.25) is 0 Å². The van der Waals surface area contributed by atoms with Crippen LogP contribution in [-0.4, -0.2) is 14.5 Å². The van der Waals surface area contributed by atoms with Crippen molar-refractivity contribution in [1.82, 2.24) is 4.72 Å². The molecule has 0 radical (unpaired) electrons. The summed E-state index contributed by atoms with van der Waals surface area (Å²) in [6.07, 6.45) is 2.40. The van der Waals surface area contributed by atoms with Crippen LogP contribution in [0.3, 0.4) is 0 Å². The minimum atomic E-state index is -3.64. The quantitative estimate of drug-likeness (QED) is 0.812. The second kappa shape index (κ2) is 7.15. The molecular weight excluding hydrogens is 279 g/mol. The van der Waals surface area contributed by atoms with Crippen LogP contribution < -0.4 is 10.5 Å². The van der Waals surface area contributed by atoms with Crippen LogP contribution in [0, 0.1) is 12.7 Å². The Morgan fingerprint density at radius 2 is 2.00 bits per heavy atom. The van der Waals surface area contributed by atoms with E-state index >= 15 is 0 Å². The van der Waals surface area contributed by atoms with E-state index in [-0.39, 0.29) is 28.6 Å². The maximum atomic E-state index is 13.7. The molecule has 0 amide bonds. The van der Waals surface area contributed by atoms with Crippen molar-refractivity contribution in [2.45, 2.75) is 57.5 Å². The lowest BCUT2D eigenvalue weighted by Crippen LogP contribution is -2.34. The van der Waals surface area contributed by atoms with Crippen molar-refractivity contribution >= 4 is 10.0 Å². The van der Waals surface area contributed by atoms with Gasteiger partial charge in [-0.25, -0.2) is 17.5 Å². The van der Waals surface area contributed by atoms with Crippen molar-refractivity contribution < 1.29 is 12.8 Å². The first kappa shape index (κ1) is 17.1. The van der Waals surface area contributed by atoms with Gasteiger partial charge < -0.3 is 5.73 Å². The summed E-state index contributed by atoms with van der Waals surface area (Å²) < 4.78 is 41.1. The Morgan fingerprint density at radius 1 is 1.35 bits per heavy atom. The molecule has 0 aromatic heterocycles. The average Bonchev–Trinajstić information content (AvgIpc) is 2.40. The number of nitrogens with one attached hydrogen (secondary N) is 1. The first-order chi connectivity index (χ1) is 9.35. The van der Waals surface area contributed by atoms with E-state index in [1.165, 1.54) is 19.1 Å². The summed E-state index contributed by atoms with van der Waals surface area (Å²) in [5, 5.41) is 0. The van der Waals surface area contributed by atoms with Gasteiger partial charge in [0.25, 0.3) is 0 Å².